The number of carbonyl (C=O) groups is 1. The van der Waals surface area contributed by atoms with E-state index >= 15 is 0 Å². The summed E-state index contributed by atoms with van der Waals surface area (Å²) in [6.45, 7) is 3.52. The normalized spacial score (nSPS) is 11.8. The Kier molecular flexibility index (Phi) is 4.13. The van der Waals surface area contributed by atoms with Crippen LogP contribution in [-0.2, 0) is 4.79 Å². The van der Waals surface area contributed by atoms with E-state index in [9.17, 15) is 14.9 Å². The van der Waals surface area contributed by atoms with Crippen molar-refractivity contribution >= 4 is 28.2 Å². The summed E-state index contributed by atoms with van der Waals surface area (Å²) in [5.41, 5.74) is 0.728. The number of carboxylic acids is 1. The molecule has 1 atom stereocenters. The minimum absolute atomic E-state index is 0.0701. The van der Waals surface area contributed by atoms with E-state index in [1.54, 1.807) is 12.1 Å². The number of pyridine rings is 1. The van der Waals surface area contributed by atoms with Crippen LogP contribution in [0.5, 0.6) is 0 Å². The van der Waals surface area contributed by atoms with Crippen molar-refractivity contribution in [1.82, 2.24) is 4.98 Å². The molecular weight excluding hydrogens is 274 g/mol. The molecule has 0 saturated carbocycles. The highest BCUT2D eigenvalue weighted by Gasteiger charge is 2.19. The van der Waals surface area contributed by atoms with Crippen LogP contribution in [0, 0.1) is 10.1 Å². The summed E-state index contributed by atoms with van der Waals surface area (Å²) in [4.78, 5) is 25.8. The molecule has 108 valence electrons. The number of nitrogens with one attached hydrogen (secondary N) is 1. The Labute approximate surface area is 120 Å². The molecule has 0 aliphatic carbocycles. The van der Waals surface area contributed by atoms with E-state index in [-0.39, 0.29) is 12.1 Å². The number of aromatic nitrogens is 1. The summed E-state index contributed by atoms with van der Waals surface area (Å²) < 4.78 is 0. The van der Waals surface area contributed by atoms with E-state index in [0.717, 1.165) is 0 Å². The van der Waals surface area contributed by atoms with E-state index in [4.69, 9.17) is 5.11 Å². The number of benzene rings is 1. The number of nitro groups is 1. The summed E-state index contributed by atoms with van der Waals surface area (Å²) in [7, 11) is 0. The van der Waals surface area contributed by atoms with Gasteiger partial charge in [-0.2, -0.15) is 0 Å². The quantitative estimate of drug-likeness (QED) is 0.480. The van der Waals surface area contributed by atoms with E-state index in [1.807, 2.05) is 0 Å². The van der Waals surface area contributed by atoms with Gasteiger partial charge in [-0.25, -0.2) is 4.79 Å². The molecule has 0 bridgehead atoms. The van der Waals surface area contributed by atoms with Crippen molar-refractivity contribution in [2.45, 2.75) is 12.5 Å². The average molecular weight is 287 g/mol. The highest BCUT2D eigenvalue weighted by molar-refractivity contribution is 5.97. The van der Waals surface area contributed by atoms with Gasteiger partial charge in [0, 0.05) is 12.3 Å². The van der Waals surface area contributed by atoms with Gasteiger partial charge in [0.1, 0.15) is 11.6 Å². The number of non-ortho nitro benzene ring substituents is 1. The third-order valence-corrected chi connectivity index (χ3v) is 2.97. The molecule has 1 aromatic carbocycles. The second-order valence-electron chi connectivity index (χ2n) is 4.35. The van der Waals surface area contributed by atoms with E-state index in [1.165, 1.54) is 24.4 Å². The van der Waals surface area contributed by atoms with Crippen LogP contribution < -0.4 is 5.32 Å². The third kappa shape index (κ3) is 2.97. The number of nitrogens with zero attached hydrogens (tertiary/aromatic N) is 2. The van der Waals surface area contributed by atoms with Gasteiger partial charge in [-0.15, -0.1) is 6.58 Å². The molecule has 2 N–H and O–H groups in total. The van der Waals surface area contributed by atoms with E-state index in [2.05, 4.69) is 16.9 Å². The molecule has 21 heavy (non-hydrogen) atoms. The Bertz CT molecular complexity index is 714. The zero-order valence-corrected chi connectivity index (χ0v) is 11.0. The van der Waals surface area contributed by atoms with Crippen LogP contribution in [0.1, 0.15) is 6.42 Å². The first-order valence-electron chi connectivity index (χ1n) is 6.17. The van der Waals surface area contributed by atoms with Crippen LogP contribution in [0.4, 0.5) is 11.4 Å². The molecule has 0 amide bonds. The predicted molar refractivity (Wildman–Crippen MR) is 78.3 cm³/mol. The number of aliphatic carboxylic acids is 1. The zero-order chi connectivity index (χ0) is 15.4. The summed E-state index contributed by atoms with van der Waals surface area (Å²) in [5, 5.41) is 23.3. The highest BCUT2D eigenvalue weighted by Crippen LogP contribution is 2.30. The van der Waals surface area contributed by atoms with Crippen LogP contribution in [0.3, 0.4) is 0 Å². The van der Waals surface area contributed by atoms with E-state index in [0.29, 0.717) is 16.6 Å². The predicted octanol–water partition coefficient (Wildman–Crippen LogP) is 2.58. The van der Waals surface area contributed by atoms with Gasteiger partial charge in [-0.3, -0.25) is 15.1 Å². The maximum absolute atomic E-state index is 11.2. The lowest BCUT2D eigenvalue weighted by molar-refractivity contribution is -0.383. The largest absolute Gasteiger partial charge is 0.480 e. The van der Waals surface area contributed by atoms with Crippen LogP contribution in [0.15, 0.2) is 43.1 Å². The highest BCUT2D eigenvalue weighted by atomic mass is 16.6. The fourth-order valence-corrected chi connectivity index (χ4v) is 2.01. The fraction of sp³-hybridized carbons (Fsp3) is 0.143. The Hall–Kier alpha value is -2.96. The number of anilines is 1. The first-order chi connectivity index (χ1) is 10.0. The van der Waals surface area contributed by atoms with Crippen LogP contribution >= 0.6 is 0 Å². The lowest BCUT2D eigenvalue weighted by Crippen LogP contribution is -2.28. The average Bonchev–Trinajstić information content (AvgIpc) is 2.46. The zero-order valence-electron chi connectivity index (χ0n) is 11.0. The molecule has 0 saturated heterocycles. The number of hydrogen-bond acceptors (Lipinski definition) is 5. The van der Waals surface area contributed by atoms with Crippen molar-refractivity contribution in [3.63, 3.8) is 0 Å². The second kappa shape index (κ2) is 6.00. The first kappa shape index (κ1) is 14.4. The summed E-state index contributed by atoms with van der Waals surface area (Å²) in [6.07, 6.45) is 3.22. The lowest BCUT2D eigenvalue weighted by Gasteiger charge is -2.15. The summed E-state index contributed by atoms with van der Waals surface area (Å²) in [6, 6.07) is 5.10. The lowest BCUT2D eigenvalue weighted by atomic mass is 10.1. The Morgan fingerprint density at radius 1 is 1.52 bits per heavy atom. The maximum Gasteiger partial charge on any atom is 0.326 e. The molecule has 0 spiro atoms. The van der Waals surface area contributed by atoms with Gasteiger partial charge in [-0.1, -0.05) is 6.08 Å². The monoisotopic (exact) mass is 287 g/mol. The summed E-state index contributed by atoms with van der Waals surface area (Å²) in [5.74, 6) is -1.03. The number of nitro benzene ring substituents is 1. The van der Waals surface area contributed by atoms with Crippen molar-refractivity contribution in [3.8, 4) is 0 Å². The van der Waals surface area contributed by atoms with Crippen molar-refractivity contribution in [3.05, 3.63) is 53.2 Å². The number of hydrogen-bond donors (Lipinski definition) is 2. The number of rotatable bonds is 6. The molecule has 2 rings (SSSR count). The van der Waals surface area contributed by atoms with Crippen LogP contribution in [0.25, 0.3) is 10.9 Å². The molecule has 1 aromatic heterocycles. The van der Waals surface area contributed by atoms with Crippen LogP contribution in [0.2, 0.25) is 0 Å². The molecular formula is C14H13N3O4. The van der Waals surface area contributed by atoms with Crippen LogP contribution in [-0.4, -0.2) is 27.0 Å². The van der Waals surface area contributed by atoms with Crippen molar-refractivity contribution in [2.24, 2.45) is 0 Å². The Balaban J connectivity index is 2.50. The molecule has 0 aliphatic heterocycles. The molecule has 7 heteroatoms. The Morgan fingerprint density at radius 2 is 2.29 bits per heavy atom. The number of carboxylic acid groups (broad SMARTS) is 1. The molecule has 1 heterocycles. The van der Waals surface area contributed by atoms with Gasteiger partial charge in [0.25, 0.3) is 5.69 Å². The summed E-state index contributed by atoms with van der Waals surface area (Å²) >= 11 is 0. The second-order valence-corrected chi connectivity index (χ2v) is 4.35. The molecule has 2 aromatic rings. The molecule has 0 aliphatic rings. The minimum atomic E-state index is -1.03. The standard InChI is InChI=1S/C14H13N3O4/c1-2-4-11(14(18)19)16-10-6-7-12(17(20)21)9-5-3-8-15-13(9)10/h2-3,5-8,11,16H,1,4H2,(H,18,19). The van der Waals surface area contributed by atoms with Crippen molar-refractivity contribution in [2.75, 3.05) is 5.32 Å². The van der Waals surface area contributed by atoms with Gasteiger partial charge >= 0.3 is 5.97 Å². The van der Waals surface area contributed by atoms with Gasteiger partial charge in [0.05, 0.1) is 16.0 Å². The molecule has 0 fully saturated rings. The maximum atomic E-state index is 11.2. The van der Waals surface area contributed by atoms with Gasteiger partial charge in [0.2, 0.25) is 0 Å². The van der Waals surface area contributed by atoms with Crippen molar-refractivity contribution < 1.29 is 14.8 Å². The Morgan fingerprint density at radius 3 is 2.90 bits per heavy atom. The number of fused-ring (bicyclic) bond motifs is 1. The van der Waals surface area contributed by atoms with Gasteiger partial charge < -0.3 is 10.4 Å². The minimum Gasteiger partial charge on any atom is -0.480 e. The van der Waals surface area contributed by atoms with Crippen molar-refractivity contribution in [1.29, 1.82) is 0 Å². The molecule has 0 radical (unpaired) electrons. The smallest absolute Gasteiger partial charge is 0.326 e. The van der Waals surface area contributed by atoms with Gasteiger partial charge in [-0.05, 0) is 24.6 Å². The molecule has 7 nitrogen and oxygen atoms in total. The first-order valence-corrected chi connectivity index (χ1v) is 6.17. The van der Waals surface area contributed by atoms with E-state index < -0.39 is 16.9 Å². The topological polar surface area (TPSA) is 105 Å². The molecule has 1 unspecified atom stereocenters. The fourth-order valence-electron chi connectivity index (χ4n) is 2.01. The third-order valence-electron chi connectivity index (χ3n) is 2.97. The SMILES string of the molecule is C=CCC(Nc1ccc([N+](=O)[O-])c2cccnc12)C(=O)O. The van der Waals surface area contributed by atoms with Gasteiger partial charge in [0.15, 0.2) is 0 Å².